The van der Waals surface area contributed by atoms with Gasteiger partial charge in [0.15, 0.2) is 0 Å². The molecule has 4 aliphatic rings. The Bertz CT molecular complexity index is 2340. The summed E-state index contributed by atoms with van der Waals surface area (Å²) >= 11 is 0. The van der Waals surface area contributed by atoms with Crippen molar-refractivity contribution in [2.24, 2.45) is 5.92 Å². The molecule has 0 bridgehead atoms. The number of imide groups is 1. The van der Waals surface area contributed by atoms with Crippen molar-refractivity contribution in [3.63, 3.8) is 0 Å². The number of rotatable bonds is 8. The van der Waals surface area contributed by atoms with Gasteiger partial charge in [-0.2, -0.15) is 18.3 Å². The Labute approximate surface area is 348 Å². The number of pyridine rings is 1. The van der Waals surface area contributed by atoms with Gasteiger partial charge in [0.1, 0.15) is 23.0 Å². The highest BCUT2D eigenvalue weighted by Gasteiger charge is 2.38. The van der Waals surface area contributed by atoms with Gasteiger partial charge < -0.3 is 20.2 Å². The summed E-state index contributed by atoms with van der Waals surface area (Å²) in [6.45, 7) is 6.49. The molecule has 0 spiro atoms. The fraction of sp³-hybridized carbons (Fsp3) is 0.488. The van der Waals surface area contributed by atoms with Crippen molar-refractivity contribution >= 4 is 45.9 Å². The largest absolute Gasteiger partial charge is 0.433 e. The summed E-state index contributed by atoms with van der Waals surface area (Å²) in [5.74, 6) is -5.08. The van der Waals surface area contributed by atoms with Gasteiger partial charge in [-0.25, -0.2) is 13.8 Å². The van der Waals surface area contributed by atoms with E-state index in [1.54, 1.807) is 30.9 Å². The summed E-state index contributed by atoms with van der Waals surface area (Å²) in [6.07, 6.45) is 1.31. The lowest BCUT2D eigenvalue weighted by Gasteiger charge is -2.42. The van der Waals surface area contributed by atoms with E-state index in [-0.39, 0.29) is 42.0 Å². The van der Waals surface area contributed by atoms with Crippen LogP contribution in [0.25, 0.3) is 10.9 Å². The van der Waals surface area contributed by atoms with Crippen molar-refractivity contribution in [1.29, 1.82) is 0 Å². The fourth-order valence-electron chi connectivity index (χ4n) is 9.30. The molecule has 4 aromatic rings. The van der Waals surface area contributed by atoms with Gasteiger partial charge in [0, 0.05) is 85.8 Å². The number of benzene rings is 2. The second-order valence-corrected chi connectivity index (χ2v) is 17.1. The maximum absolute atomic E-state index is 15.2. The predicted octanol–water partition coefficient (Wildman–Crippen LogP) is 5.88. The molecule has 2 aromatic heterocycles. The number of alkyl halides is 3. The van der Waals surface area contributed by atoms with Crippen LogP contribution in [0, 0.1) is 17.6 Å². The Hall–Kier alpha value is -5.49. The van der Waals surface area contributed by atoms with E-state index in [9.17, 15) is 37.5 Å². The summed E-state index contributed by atoms with van der Waals surface area (Å²) in [5, 5.41) is 21.3. The normalized spacial score (nSPS) is 23.1. The fourth-order valence-corrected chi connectivity index (χ4v) is 9.30. The molecule has 3 saturated heterocycles. The van der Waals surface area contributed by atoms with E-state index in [0.29, 0.717) is 60.8 Å². The van der Waals surface area contributed by atoms with E-state index in [2.05, 4.69) is 20.5 Å². The molecule has 4 fully saturated rings. The van der Waals surface area contributed by atoms with Crippen LogP contribution in [0.4, 0.5) is 33.3 Å². The monoisotopic (exact) mass is 850 g/mol. The van der Waals surface area contributed by atoms with Crippen molar-refractivity contribution in [1.82, 2.24) is 29.9 Å². The van der Waals surface area contributed by atoms with Crippen molar-refractivity contribution in [2.45, 2.75) is 88.6 Å². The average Bonchev–Trinajstić information content (AvgIpc) is 3.88. The van der Waals surface area contributed by atoms with Crippen LogP contribution < -0.4 is 15.5 Å². The number of piperidine rings is 1. The second kappa shape index (κ2) is 16.4. The van der Waals surface area contributed by atoms with Crippen LogP contribution in [0.3, 0.4) is 0 Å². The Balaban J connectivity index is 0.845. The van der Waals surface area contributed by atoms with Crippen LogP contribution >= 0.6 is 0 Å². The van der Waals surface area contributed by atoms with E-state index >= 15 is 8.78 Å². The minimum Gasteiger partial charge on any atom is -0.386 e. The van der Waals surface area contributed by atoms with Crippen molar-refractivity contribution in [2.75, 3.05) is 49.5 Å². The molecule has 0 radical (unpaired) electrons. The highest BCUT2D eigenvalue weighted by Crippen LogP contribution is 2.37. The molecule has 3 aliphatic heterocycles. The first-order valence-electron chi connectivity index (χ1n) is 20.6. The first kappa shape index (κ1) is 42.2. The van der Waals surface area contributed by atoms with Crippen LogP contribution in [0.2, 0.25) is 0 Å². The molecule has 1 aliphatic carbocycles. The smallest absolute Gasteiger partial charge is 0.386 e. The summed E-state index contributed by atoms with van der Waals surface area (Å²) < 4.78 is 72.1. The van der Waals surface area contributed by atoms with Gasteiger partial charge in [-0.05, 0) is 88.8 Å². The molecule has 5 heterocycles. The number of nitrogens with zero attached hydrogens (tertiary/aromatic N) is 6. The molecule has 13 nitrogen and oxygen atoms in total. The number of hydrogen-bond donors (Lipinski definition) is 3. The number of piperazine rings is 1. The number of hydrogen-bond acceptors (Lipinski definition) is 9. The number of fused-ring (bicyclic) bond motifs is 1. The number of amides is 4. The number of nitrogens with one attached hydrogen (secondary N) is 2. The summed E-state index contributed by atoms with van der Waals surface area (Å²) in [7, 11) is 0. The van der Waals surface area contributed by atoms with Gasteiger partial charge in [0.25, 0.3) is 5.91 Å². The van der Waals surface area contributed by atoms with Crippen LogP contribution in [0.1, 0.15) is 98.1 Å². The minimum absolute atomic E-state index is 0.00766. The molecule has 0 unspecified atom stereocenters. The lowest BCUT2D eigenvalue weighted by Crippen LogP contribution is -2.53. The SMILES string of the molecule is CC(C)(O)c1cc2nn(C3CCC(N4CCN(C(=O)[C@@H]5CCN(c6cc(F)c([C@H]7CCC(=O)NC7=O)c(F)c6)C5)CC4)CC3)cc2cc1NC(=O)c1cccc(C(F)(F)F)n1. The number of carbonyl (C=O) groups is 4. The van der Waals surface area contributed by atoms with Crippen LogP contribution in [-0.4, -0.2) is 98.6 Å². The lowest BCUT2D eigenvalue weighted by atomic mass is 9.89. The molecule has 3 N–H and O–H groups in total. The van der Waals surface area contributed by atoms with E-state index in [1.165, 1.54) is 18.2 Å². The van der Waals surface area contributed by atoms with Gasteiger partial charge >= 0.3 is 6.18 Å². The quantitative estimate of drug-likeness (QED) is 0.146. The van der Waals surface area contributed by atoms with E-state index in [4.69, 9.17) is 5.10 Å². The third-order valence-electron chi connectivity index (χ3n) is 12.6. The maximum Gasteiger partial charge on any atom is 0.433 e. The Kier molecular flexibility index (Phi) is 11.4. The lowest BCUT2D eigenvalue weighted by molar-refractivity contribution is -0.141. The van der Waals surface area contributed by atoms with E-state index in [0.717, 1.165) is 50.9 Å². The van der Waals surface area contributed by atoms with Crippen LogP contribution in [-0.2, 0) is 26.2 Å². The second-order valence-electron chi connectivity index (χ2n) is 17.1. The Morgan fingerprint density at radius 3 is 2.23 bits per heavy atom. The van der Waals surface area contributed by atoms with Gasteiger partial charge in [0.05, 0.1) is 29.0 Å². The highest BCUT2D eigenvalue weighted by atomic mass is 19.4. The predicted molar refractivity (Wildman–Crippen MR) is 213 cm³/mol. The molecule has 4 amide bonds. The van der Waals surface area contributed by atoms with Crippen molar-refractivity contribution in [3.05, 3.63) is 82.8 Å². The summed E-state index contributed by atoms with van der Waals surface area (Å²) in [4.78, 5) is 60.1. The third kappa shape index (κ3) is 8.82. The number of carbonyl (C=O) groups excluding carboxylic acids is 4. The molecule has 324 valence electrons. The average molecular weight is 851 g/mol. The van der Waals surface area contributed by atoms with Crippen LogP contribution in [0.5, 0.6) is 0 Å². The Morgan fingerprint density at radius 2 is 1.57 bits per heavy atom. The van der Waals surface area contributed by atoms with Gasteiger partial charge in [-0.15, -0.1) is 0 Å². The van der Waals surface area contributed by atoms with Crippen LogP contribution in [0.15, 0.2) is 48.7 Å². The standard InChI is InChI=1S/C43H47F5N8O5/c1-42(2,61)30-21-34-25(18-35(30)50-40(59)33-4-3-5-36(49-33)43(46,47)48)23-56(52-34)27-8-6-26(7-9-27)53-14-16-54(17-15-53)41(60)24-12-13-55(22-24)28-19-31(44)38(32(45)20-28)29-10-11-37(57)51-39(29)58/h3-5,18-21,23-24,26-27,29,61H,6-17,22H2,1-2H3,(H,50,59)(H,51,57,58)/t24-,26?,27?,29-/m1/s1. The first-order chi connectivity index (χ1) is 28.9. The van der Waals surface area contributed by atoms with Gasteiger partial charge in [-0.3, -0.25) is 34.1 Å². The third-order valence-corrected chi connectivity index (χ3v) is 12.6. The molecular weight excluding hydrogens is 804 g/mol. The molecule has 2 atom stereocenters. The first-order valence-corrected chi connectivity index (χ1v) is 20.6. The molecule has 8 rings (SSSR count). The molecular formula is C43H47F5N8O5. The number of anilines is 2. The maximum atomic E-state index is 15.2. The topological polar surface area (TPSA) is 153 Å². The number of aromatic nitrogens is 3. The van der Waals surface area contributed by atoms with Crippen molar-refractivity contribution in [3.8, 4) is 0 Å². The minimum atomic E-state index is -4.71. The Morgan fingerprint density at radius 1 is 0.885 bits per heavy atom. The molecule has 18 heteroatoms. The number of halogens is 5. The molecule has 1 saturated carbocycles. The molecule has 2 aromatic carbocycles. The summed E-state index contributed by atoms with van der Waals surface area (Å²) in [6, 6.07) is 9.28. The number of aliphatic hydroxyl groups is 1. The van der Waals surface area contributed by atoms with Gasteiger partial charge in [0.2, 0.25) is 17.7 Å². The van der Waals surface area contributed by atoms with Crippen molar-refractivity contribution < 1.29 is 46.2 Å². The molecule has 61 heavy (non-hydrogen) atoms. The zero-order chi connectivity index (χ0) is 43.4. The van der Waals surface area contributed by atoms with E-state index < -0.39 is 58.4 Å². The zero-order valence-electron chi connectivity index (χ0n) is 33.8. The highest BCUT2D eigenvalue weighted by molar-refractivity contribution is 6.04. The van der Waals surface area contributed by atoms with Gasteiger partial charge in [-0.1, -0.05) is 6.07 Å². The zero-order valence-corrected chi connectivity index (χ0v) is 33.8. The summed E-state index contributed by atoms with van der Waals surface area (Å²) in [5.41, 5.74) is -1.86. The van der Waals surface area contributed by atoms with E-state index in [1.807, 2.05) is 15.8 Å².